The SMILES string of the molecule is Cc1cc(C)cc(N(c2ccc3c(c2)C(C)(C)c2cc(-c4ccc5c(c4)C(C)(C)c4ccccc4-5)c4oc5ccccc5c4c2-3)c2ccc3c(c2)C(C)(C)c2c4c(c5oc6ccccc6c5c2-3)-c2ccccc2C4(C)C)c1. The van der Waals surface area contributed by atoms with Gasteiger partial charge in [0.15, 0.2) is 0 Å². The molecule has 0 saturated heterocycles. The Kier molecular flexibility index (Phi) is 8.59. The number of hydrogen-bond donors (Lipinski definition) is 0. The molecule has 77 heavy (non-hydrogen) atoms. The molecule has 0 fully saturated rings. The largest absolute Gasteiger partial charge is 0.455 e. The van der Waals surface area contributed by atoms with Crippen LogP contribution in [-0.2, 0) is 21.7 Å². The molecule has 2 aromatic heterocycles. The number of hydrogen-bond acceptors (Lipinski definition) is 3. The van der Waals surface area contributed by atoms with Crippen LogP contribution in [0, 0.1) is 13.8 Å². The molecule has 12 aromatic rings. The molecule has 3 nitrogen and oxygen atoms in total. The van der Waals surface area contributed by atoms with Gasteiger partial charge < -0.3 is 13.7 Å². The van der Waals surface area contributed by atoms with Gasteiger partial charge in [-0.25, -0.2) is 0 Å². The van der Waals surface area contributed by atoms with Crippen molar-refractivity contribution in [3.8, 4) is 55.6 Å². The van der Waals surface area contributed by atoms with Crippen molar-refractivity contribution in [2.75, 3.05) is 4.90 Å². The van der Waals surface area contributed by atoms with Crippen LogP contribution in [0.15, 0.2) is 185 Å². The Morgan fingerprint density at radius 2 is 0.792 bits per heavy atom. The number of rotatable bonds is 4. The molecule has 0 unspecified atom stereocenters. The van der Waals surface area contributed by atoms with Crippen molar-refractivity contribution in [2.24, 2.45) is 0 Å². The molecule has 10 aromatic carbocycles. The minimum atomic E-state index is -0.340. The highest BCUT2D eigenvalue weighted by molar-refractivity contribution is 6.21. The molecule has 0 spiro atoms. The monoisotopic (exact) mass is 993 g/mol. The summed E-state index contributed by atoms with van der Waals surface area (Å²) in [5, 5.41) is 4.74. The van der Waals surface area contributed by atoms with E-state index in [1.54, 1.807) is 0 Å². The maximum Gasteiger partial charge on any atom is 0.144 e. The summed E-state index contributed by atoms with van der Waals surface area (Å²) in [6, 6.07) is 66.3. The van der Waals surface area contributed by atoms with Gasteiger partial charge in [0.05, 0.1) is 0 Å². The smallest absolute Gasteiger partial charge is 0.144 e. The average molecular weight is 994 g/mol. The lowest BCUT2D eigenvalue weighted by atomic mass is 9.72. The van der Waals surface area contributed by atoms with Gasteiger partial charge >= 0.3 is 0 Å². The second kappa shape index (κ2) is 14.7. The van der Waals surface area contributed by atoms with Crippen molar-refractivity contribution in [3.63, 3.8) is 0 Å². The van der Waals surface area contributed by atoms with Gasteiger partial charge in [-0.1, -0.05) is 171 Å². The molecule has 0 bridgehead atoms. The Bertz CT molecular complexity index is 4640. The number of nitrogens with zero attached hydrogens (tertiary/aromatic N) is 1. The van der Waals surface area contributed by atoms with E-state index in [0.717, 1.165) is 50.3 Å². The lowest BCUT2D eigenvalue weighted by Crippen LogP contribution is -2.24. The second-order valence-corrected chi connectivity index (χ2v) is 24.9. The first-order valence-electron chi connectivity index (χ1n) is 27.6. The molecule has 4 aliphatic rings. The van der Waals surface area contributed by atoms with Crippen molar-refractivity contribution in [1.29, 1.82) is 0 Å². The highest BCUT2D eigenvalue weighted by Crippen LogP contribution is 2.64. The lowest BCUT2D eigenvalue weighted by Gasteiger charge is -2.32. The van der Waals surface area contributed by atoms with Gasteiger partial charge in [-0.05, 0) is 175 Å². The fourth-order valence-corrected chi connectivity index (χ4v) is 15.5. The number of furan rings is 2. The first-order valence-corrected chi connectivity index (χ1v) is 27.6. The summed E-state index contributed by atoms with van der Waals surface area (Å²) in [6.07, 6.45) is 0. The molecule has 0 amide bonds. The molecule has 0 radical (unpaired) electrons. The number of anilines is 3. The van der Waals surface area contributed by atoms with Gasteiger partial charge in [0.25, 0.3) is 0 Å². The highest BCUT2D eigenvalue weighted by atomic mass is 16.3. The van der Waals surface area contributed by atoms with Crippen LogP contribution in [0.3, 0.4) is 0 Å². The van der Waals surface area contributed by atoms with E-state index in [1.165, 1.54) is 122 Å². The van der Waals surface area contributed by atoms with Crippen LogP contribution < -0.4 is 4.90 Å². The van der Waals surface area contributed by atoms with Crippen LogP contribution >= 0.6 is 0 Å². The highest BCUT2D eigenvalue weighted by Gasteiger charge is 2.49. The normalized spacial score (nSPS) is 16.1. The third-order valence-corrected chi connectivity index (χ3v) is 19.0. The first-order chi connectivity index (χ1) is 37.0. The zero-order chi connectivity index (χ0) is 52.4. The molecule has 4 aliphatic carbocycles. The number of aryl methyl sites for hydroxylation is 2. The van der Waals surface area contributed by atoms with Gasteiger partial charge in [-0.15, -0.1) is 0 Å². The molecule has 16 rings (SSSR count). The average Bonchev–Trinajstić information content (AvgIpc) is 3.83. The number of benzene rings is 10. The summed E-state index contributed by atoms with van der Waals surface area (Å²) in [7, 11) is 0. The van der Waals surface area contributed by atoms with E-state index in [0.29, 0.717) is 0 Å². The topological polar surface area (TPSA) is 29.5 Å². The predicted molar refractivity (Wildman–Crippen MR) is 321 cm³/mol. The van der Waals surface area contributed by atoms with Crippen LogP contribution in [0.2, 0.25) is 0 Å². The Labute approximate surface area is 450 Å². The van der Waals surface area contributed by atoms with Crippen molar-refractivity contribution in [3.05, 3.63) is 232 Å². The molecule has 2 heterocycles. The Balaban J connectivity index is 0.893. The van der Waals surface area contributed by atoms with Crippen LogP contribution in [0.25, 0.3) is 99.5 Å². The molecule has 3 heteroatoms. The van der Waals surface area contributed by atoms with E-state index in [2.05, 4.69) is 250 Å². The number of para-hydroxylation sites is 2. The van der Waals surface area contributed by atoms with E-state index >= 15 is 0 Å². The van der Waals surface area contributed by atoms with E-state index in [4.69, 9.17) is 8.83 Å². The van der Waals surface area contributed by atoms with Crippen molar-refractivity contribution in [2.45, 2.75) is 90.9 Å². The zero-order valence-electron chi connectivity index (χ0n) is 45.5. The summed E-state index contributed by atoms with van der Waals surface area (Å²) in [5.74, 6) is 0. The molecule has 0 N–H and O–H groups in total. The van der Waals surface area contributed by atoms with E-state index in [-0.39, 0.29) is 21.7 Å². The van der Waals surface area contributed by atoms with Crippen LogP contribution in [0.1, 0.15) is 111 Å². The molecular formula is C74H59NO2. The van der Waals surface area contributed by atoms with Gasteiger partial charge in [0.1, 0.15) is 22.3 Å². The standard InChI is InChI=1S/C74H59NO2/c1-40-33-41(2)35-45(34-40)75(44-29-32-50-58(38-44)74(9,10)67-63(50)65-52-22-14-18-26-61(52)77-70(65)66-48-20-12-16-24-55(48)73(7,8)68(66)67)43-28-31-49-57(37-43)72(5,6)59-39-53(69-64(62(49)59)51-21-13-17-25-60(51)76-69)42-27-30-47-46-19-11-15-23-54(46)71(3,4)56(47)36-42/h11-39H,1-10H3. The summed E-state index contributed by atoms with van der Waals surface area (Å²) in [6.45, 7) is 23.8. The third-order valence-electron chi connectivity index (χ3n) is 19.0. The Morgan fingerprint density at radius 3 is 1.47 bits per heavy atom. The zero-order valence-corrected chi connectivity index (χ0v) is 45.5. The predicted octanol–water partition coefficient (Wildman–Crippen LogP) is 20.5. The third kappa shape index (κ3) is 5.67. The van der Waals surface area contributed by atoms with Gasteiger partial charge in [0.2, 0.25) is 0 Å². The van der Waals surface area contributed by atoms with Crippen LogP contribution in [0.4, 0.5) is 17.1 Å². The van der Waals surface area contributed by atoms with E-state index < -0.39 is 0 Å². The summed E-state index contributed by atoms with van der Waals surface area (Å²) < 4.78 is 14.1. The van der Waals surface area contributed by atoms with Gasteiger partial charge in [-0.3, -0.25) is 0 Å². The molecule has 0 atom stereocenters. The maximum atomic E-state index is 7.04. The summed E-state index contributed by atoms with van der Waals surface area (Å²) >= 11 is 0. The van der Waals surface area contributed by atoms with Crippen LogP contribution in [0.5, 0.6) is 0 Å². The van der Waals surface area contributed by atoms with Crippen molar-refractivity contribution < 1.29 is 8.83 Å². The fourth-order valence-electron chi connectivity index (χ4n) is 15.5. The fraction of sp³-hybridized carbons (Fsp3) is 0.189. The quantitative estimate of drug-likeness (QED) is 0.176. The van der Waals surface area contributed by atoms with E-state index in [9.17, 15) is 0 Å². The van der Waals surface area contributed by atoms with E-state index in [1.807, 2.05) is 0 Å². The molecule has 0 aliphatic heterocycles. The Hall–Kier alpha value is -8.40. The summed E-state index contributed by atoms with van der Waals surface area (Å²) in [5.41, 5.74) is 32.2. The molecular weight excluding hydrogens is 935 g/mol. The maximum absolute atomic E-state index is 7.04. The lowest BCUT2D eigenvalue weighted by molar-refractivity contribution is 0.600. The van der Waals surface area contributed by atoms with Crippen LogP contribution in [-0.4, -0.2) is 0 Å². The summed E-state index contributed by atoms with van der Waals surface area (Å²) in [4.78, 5) is 2.52. The van der Waals surface area contributed by atoms with Crippen molar-refractivity contribution >= 4 is 60.9 Å². The van der Waals surface area contributed by atoms with Gasteiger partial charge in [0, 0.05) is 71.4 Å². The Morgan fingerprint density at radius 1 is 0.325 bits per heavy atom. The van der Waals surface area contributed by atoms with Crippen molar-refractivity contribution in [1.82, 2.24) is 0 Å². The van der Waals surface area contributed by atoms with Gasteiger partial charge in [-0.2, -0.15) is 0 Å². The minimum Gasteiger partial charge on any atom is -0.455 e. The first kappa shape index (κ1) is 44.9. The minimum absolute atomic E-state index is 0.122. The number of fused-ring (bicyclic) bond motifs is 22. The molecule has 372 valence electrons. The molecule has 0 saturated carbocycles. The second-order valence-electron chi connectivity index (χ2n) is 24.9.